The van der Waals surface area contributed by atoms with Crippen molar-refractivity contribution in [3.8, 4) is 28.7 Å². The van der Waals surface area contributed by atoms with E-state index in [4.69, 9.17) is 18.9 Å². The zero-order valence-corrected chi connectivity index (χ0v) is 16.5. The van der Waals surface area contributed by atoms with Gasteiger partial charge in [0.25, 0.3) is 0 Å². The largest absolute Gasteiger partial charge is 0.494 e. The Kier molecular flexibility index (Phi) is 5.85. The first-order valence-corrected chi connectivity index (χ1v) is 9.59. The Morgan fingerprint density at radius 1 is 0.933 bits per heavy atom. The second-order valence-electron chi connectivity index (χ2n) is 6.47. The van der Waals surface area contributed by atoms with Crippen LogP contribution in [0.1, 0.15) is 12.5 Å². The van der Waals surface area contributed by atoms with Crippen molar-refractivity contribution in [2.24, 2.45) is 0 Å². The van der Waals surface area contributed by atoms with Crippen LogP contribution in [0.2, 0.25) is 0 Å². The van der Waals surface area contributed by atoms with Crippen LogP contribution in [-0.4, -0.2) is 19.3 Å². The molecule has 0 fully saturated rings. The minimum atomic E-state index is -0.229. The predicted octanol–water partition coefficient (Wildman–Crippen LogP) is 5.26. The number of ether oxygens (including phenoxy) is 4. The molecule has 6 nitrogen and oxygen atoms in total. The molecule has 0 saturated carbocycles. The minimum absolute atomic E-state index is 0.223. The Balaban J connectivity index is 1.32. The van der Waals surface area contributed by atoms with E-state index in [0.717, 1.165) is 11.3 Å². The molecule has 4 rings (SSSR count). The van der Waals surface area contributed by atoms with E-state index in [-0.39, 0.29) is 12.7 Å². The van der Waals surface area contributed by atoms with Crippen LogP contribution in [-0.2, 0) is 4.79 Å². The van der Waals surface area contributed by atoms with E-state index in [1.807, 2.05) is 49.4 Å². The van der Waals surface area contributed by atoms with Crippen molar-refractivity contribution in [1.82, 2.24) is 0 Å². The first-order chi connectivity index (χ1) is 14.7. The van der Waals surface area contributed by atoms with Crippen LogP contribution in [0, 0.1) is 0 Å². The van der Waals surface area contributed by atoms with Crippen molar-refractivity contribution in [1.29, 1.82) is 0 Å². The number of hydrogen-bond acceptors (Lipinski definition) is 5. The topological polar surface area (TPSA) is 66.0 Å². The van der Waals surface area contributed by atoms with E-state index in [1.54, 1.807) is 30.3 Å². The maximum Gasteiger partial charge on any atom is 0.248 e. The predicted molar refractivity (Wildman–Crippen MR) is 114 cm³/mol. The number of rotatable bonds is 7. The van der Waals surface area contributed by atoms with Crippen LogP contribution in [0.4, 0.5) is 5.69 Å². The molecule has 0 saturated heterocycles. The van der Waals surface area contributed by atoms with Gasteiger partial charge in [0.05, 0.1) is 6.61 Å². The number of carbonyl (C=O) groups is 1. The van der Waals surface area contributed by atoms with Gasteiger partial charge in [0.1, 0.15) is 17.2 Å². The molecule has 3 aromatic carbocycles. The highest BCUT2D eigenvalue weighted by molar-refractivity contribution is 6.02. The summed E-state index contributed by atoms with van der Waals surface area (Å²) >= 11 is 0. The smallest absolute Gasteiger partial charge is 0.248 e. The Morgan fingerprint density at radius 2 is 1.60 bits per heavy atom. The maximum absolute atomic E-state index is 12.2. The van der Waals surface area contributed by atoms with E-state index in [1.165, 1.54) is 6.08 Å². The number of benzene rings is 3. The average molecular weight is 403 g/mol. The molecule has 1 aliphatic heterocycles. The summed E-state index contributed by atoms with van der Waals surface area (Å²) in [5.74, 6) is 3.35. The van der Waals surface area contributed by atoms with Crippen molar-refractivity contribution >= 4 is 17.7 Å². The van der Waals surface area contributed by atoms with Crippen LogP contribution in [0.25, 0.3) is 6.08 Å². The molecule has 0 aromatic heterocycles. The third-order valence-electron chi connectivity index (χ3n) is 4.32. The van der Waals surface area contributed by atoms with Crippen LogP contribution < -0.4 is 24.3 Å². The molecule has 0 bridgehead atoms. The van der Waals surface area contributed by atoms with Gasteiger partial charge in [-0.3, -0.25) is 4.79 Å². The van der Waals surface area contributed by atoms with E-state index in [2.05, 4.69) is 5.32 Å². The van der Waals surface area contributed by atoms with Gasteiger partial charge in [-0.1, -0.05) is 6.07 Å². The van der Waals surface area contributed by atoms with Crippen LogP contribution in [0.3, 0.4) is 0 Å². The zero-order valence-electron chi connectivity index (χ0n) is 16.5. The first kappa shape index (κ1) is 19.4. The zero-order chi connectivity index (χ0) is 20.8. The fraction of sp³-hybridized carbons (Fsp3) is 0.125. The molecule has 1 heterocycles. The van der Waals surface area contributed by atoms with E-state index < -0.39 is 0 Å². The normalized spacial score (nSPS) is 12.0. The molecule has 0 unspecified atom stereocenters. The Hall–Kier alpha value is -3.93. The van der Waals surface area contributed by atoms with Crippen molar-refractivity contribution in [2.75, 3.05) is 18.7 Å². The third-order valence-corrected chi connectivity index (χ3v) is 4.32. The van der Waals surface area contributed by atoms with Gasteiger partial charge >= 0.3 is 0 Å². The van der Waals surface area contributed by atoms with Crippen molar-refractivity contribution < 1.29 is 23.7 Å². The molecule has 1 aliphatic rings. The number of amides is 1. The number of nitrogens with one attached hydrogen (secondary N) is 1. The summed E-state index contributed by atoms with van der Waals surface area (Å²) in [4.78, 5) is 12.2. The van der Waals surface area contributed by atoms with Gasteiger partial charge in [-0.15, -0.1) is 0 Å². The fourth-order valence-electron chi connectivity index (χ4n) is 2.89. The summed E-state index contributed by atoms with van der Waals surface area (Å²) in [5.41, 5.74) is 1.53. The first-order valence-electron chi connectivity index (χ1n) is 9.59. The molecule has 6 heteroatoms. The highest BCUT2D eigenvalue weighted by atomic mass is 16.7. The molecular formula is C24H21NO5. The van der Waals surface area contributed by atoms with Gasteiger partial charge in [0.15, 0.2) is 11.5 Å². The summed E-state index contributed by atoms with van der Waals surface area (Å²) < 4.78 is 21.8. The molecule has 0 radical (unpaired) electrons. The van der Waals surface area contributed by atoms with Crippen LogP contribution in [0.5, 0.6) is 28.7 Å². The maximum atomic E-state index is 12.2. The molecule has 30 heavy (non-hydrogen) atoms. The Labute approximate surface area is 174 Å². The second kappa shape index (κ2) is 9.05. The number of anilines is 1. The van der Waals surface area contributed by atoms with E-state index >= 15 is 0 Å². The molecule has 3 aromatic rings. The van der Waals surface area contributed by atoms with Gasteiger partial charge in [-0.25, -0.2) is 0 Å². The van der Waals surface area contributed by atoms with Crippen molar-refractivity contribution in [2.45, 2.75) is 6.92 Å². The number of fused-ring (bicyclic) bond motifs is 1. The lowest BCUT2D eigenvalue weighted by atomic mass is 10.2. The van der Waals surface area contributed by atoms with Gasteiger partial charge in [-0.05, 0) is 79.2 Å². The van der Waals surface area contributed by atoms with E-state index in [9.17, 15) is 4.79 Å². The Morgan fingerprint density at radius 3 is 2.33 bits per heavy atom. The van der Waals surface area contributed by atoms with Crippen LogP contribution >= 0.6 is 0 Å². The quantitative estimate of drug-likeness (QED) is 0.545. The molecule has 1 N–H and O–H groups in total. The fourth-order valence-corrected chi connectivity index (χ4v) is 2.89. The average Bonchev–Trinajstić information content (AvgIpc) is 3.23. The summed E-state index contributed by atoms with van der Waals surface area (Å²) in [7, 11) is 0. The molecular weight excluding hydrogens is 382 g/mol. The van der Waals surface area contributed by atoms with Gasteiger partial charge in [0.2, 0.25) is 12.7 Å². The standard InChI is InChI=1S/C24H21NO5/c1-2-27-19-9-11-21(12-10-19)30-20-7-5-18(6-8-20)25-24(26)14-4-17-3-13-22-23(15-17)29-16-28-22/h3-15H,2,16H2,1H3,(H,25,26)/b14-4+. The SMILES string of the molecule is CCOc1ccc(Oc2ccc(NC(=O)/C=C/c3ccc4c(c3)OCO4)cc2)cc1. The minimum Gasteiger partial charge on any atom is -0.494 e. The third kappa shape index (κ3) is 4.91. The number of carbonyl (C=O) groups excluding carboxylic acids is 1. The lowest BCUT2D eigenvalue weighted by molar-refractivity contribution is -0.111. The van der Waals surface area contributed by atoms with E-state index in [0.29, 0.717) is 35.3 Å². The molecule has 0 aliphatic carbocycles. The molecule has 1 amide bonds. The van der Waals surface area contributed by atoms with Gasteiger partial charge < -0.3 is 24.3 Å². The Bertz CT molecular complexity index is 1040. The van der Waals surface area contributed by atoms with Crippen LogP contribution in [0.15, 0.2) is 72.8 Å². The molecule has 0 spiro atoms. The van der Waals surface area contributed by atoms with Gasteiger partial charge in [0, 0.05) is 11.8 Å². The second-order valence-corrected chi connectivity index (χ2v) is 6.47. The molecule has 152 valence electrons. The van der Waals surface area contributed by atoms with Crippen molar-refractivity contribution in [3.05, 3.63) is 78.4 Å². The summed E-state index contributed by atoms with van der Waals surface area (Å²) in [6.45, 7) is 2.79. The summed E-state index contributed by atoms with van der Waals surface area (Å²) in [5, 5.41) is 2.82. The monoisotopic (exact) mass is 403 g/mol. The lowest BCUT2D eigenvalue weighted by Gasteiger charge is -2.08. The summed E-state index contributed by atoms with van der Waals surface area (Å²) in [6, 6.07) is 20.1. The number of hydrogen-bond donors (Lipinski definition) is 1. The molecule has 0 atom stereocenters. The summed E-state index contributed by atoms with van der Waals surface area (Å²) in [6.07, 6.45) is 3.20. The highest BCUT2D eigenvalue weighted by Crippen LogP contribution is 2.32. The lowest BCUT2D eigenvalue weighted by Crippen LogP contribution is -2.07. The van der Waals surface area contributed by atoms with Gasteiger partial charge in [-0.2, -0.15) is 0 Å². The highest BCUT2D eigenvalue weighted by Gasteiger charge is 2.12. The van der Waals surface area contributed by atoms with Crippen molar-refractivity contribution in [3.63, 3.8) is 0 Å².